The summed E-state index contributed by atoms with van der Waals surface area (Å²) in [6.07, 6.45) is 0. The second-order valence-corrected chi connectivity index (χ2v) is 6.35. The number of aromatic nitrogens is 1. The van der Waals surface area contributed by atoms with Crippen LogP contribution in [0.25, 0.3) is 0 Å². The van der Waals surface area contributed by atoms with Crippen molar-refractivity contribution in [3.05, 3.63) is 15.6 Å². The third kappa shape index (κ3) is 3.70. The van der Waals surface area contributed by atoms with Gasteiger partial charge in [-0.05, 0) is 20.9 Å². The molecular formula is C13H20N4O3S. The van der Waals surface area contributed by atoms with Crippen molar-refractivity contribution in [1.82, 2.24) is 20.1 Å². The topological polar surface area (TPSA) is 85.8 Å². The number of aromatic carboxylic acids is 1. The Hall–Kier alpha value is -1.67. The van der Waals surface area contributed by atoms with E-state index in [0.717, 1.165) is 17.9 Å². The van der Waals surface area contributed by atoms with Crippen molar-refractivity contribution in [2.45, 2.75) is 26.4 Å². The van der Waals surface area contributed by atoms with Crippen LogP contribution in [-0.2, 0) is 6.54 Å². The standard InChI is InChI=1S/C13H20N4O3S/c1-8-7-17(5-4-16(8)3)13(20)14-6-10-15-9(2)11(21-10)12(18)19/h8H,4-7H2,1-3H3,(H,14,20)(H,18,19). The summed E-state index contributed by atoms with van der Waals surface area (Å²) in [6.45, 7) is 6.26. The molecule has 0 aliphatic carbocycles. The lowest BCUT2D eigenvalue weighted by Crippen LogP contribution is -2.54. The number of hydrogen-bond donors (Lipinski definition) is 2. The fourth-order valence-electron chi connectivity index (χ4n) is 2.22. The van der Waals surface area contributed by atoms with E-state index in [4.69, 9.17) is 5.11 Å². The molecule has 116 valence electrons. The van der Waals surface area contributed by atoms with Gasteiger partial charge >= 0.3 is 12.0 Å². The van der Waals surface area contributed by atoms with Gasteiger partial charge in [0.2, 0.25) is 0 Å². The second kappa shape index (κ2) is 6.40. The summed E-state index contributed by atoms with van der Waals surface area (Å²) in [5.41, 5.74) is 0.491. The average molecular weight is 312 g/mol. The molecule has 2 rings (SSSR count). The average Bonchev–Trinajstić information content (AvgIpc) is 2.80. The van der Waals surface area contributed by atoms with Crippen LogP contribution >= 0.6 is 11.3 Å². The fraction of sp³-hybridized carbons (Fsp3) is 0.615. The molecule has 1 unspecified atom stereocenters. The molecular weight excluding hydrogens is 292 g/mol. The molecule has 0 spiro atoms. The van der Waals surface area contributed by atoms with Gasteiger partial charge in [0, 0.05) is 25.7 Å². The molecule has 2 heterocycles. The van der Waals surface area contributed by atoms with Crippen LogP contribution in [-0.4, -0.2) is 64.6 Å². The number of carboxylic acids is 1. The highest BCUT2D eigenvalue weighted by molar-refractivity contribution is 7.13. The van der Waals surface area contributed by atoms with Crippen molar-refractivity contribution < 1.29 is 14.7 Å². The highest BCUT2D eigenvalue weighted by Gasteiger charge is 2.24. The van der Waals surface area contributed by atoms with Crippen LogP contribution in [0.1, 0.15) is 27.3 Å². The van der Waals surface area contributed by atoms with Crippen LogP contribution in [0.3, 0.4) is 0 Å². The van der Waals surface area contributed by atoms with Gasteiger partial charge in [0.25, 0.3) is 0 Å². The molecule has 1 saturated heterocycles. The first-order valence-electron chi connectivity index (χ1n) is 6.81. The highest BCUT2D eigenvalue weighted by atomic mass is 32.1. The third-order valence-corrected chi connectivity index (χ3v) is 4.82. The van der Waals surface area contributed by atoms with Gasteiger partial charge in [0.15, 0.2) is 0 Å². The minimum absolute atomic E-state index is 0.125. The maximum absolute atomic E-state index is 12.1. The minimum Gasteiger partial charge on any atom is -0.477 e. The number of likely N-dealkylation sites (N-methyl/N-ethyl adjacent to an activating group) is 1. The Bertz CT molecular complexity index is 546. The van der Waals surface area contributed by atoms with Crippen LogP contribution < -0.4 is 5.32 Å². The van der Waals surface area contributed by atoms with Crippen molar-refractivity contribution >= 4 is 23.3 Å². The quantitative estimate of drug-likeness (QED) is 0.869. The molecule has 2 N–H and O–H groups in total. The van der Waals surface area contributed by atoms with Crippen molar-refractivity contribution in [1.29, 1.82) is 0 Å². The summed E-state index contributed by atoms with van der Waals surface area (Å²) >= 11 is 1.11. The molecule has 1 fully saturated rings. The normalized spacial score (nSPS) is 19.6. The molecule has 2 amide bonds. The Morgan fingerprint density at radius 3 is 2.76 bits per heavy atom. The molecule has 0 saturated carbocycles. The smallest absolute Gasteiger partial charge is 0.347 e. The highest BCUT2D eigenvalue weighted by Crippen LogP contribution is 2.18. The Balaban J connectivity index is 1.89. The molecule has 0 aromatic carbocycles. The predicted octanol–water partition coefficient (Wildman–Crippen LogP) is 0.995. The number of nitrogens with zero attached hydrogens (tertiary/aromatic N) is 3. The van der Waals surface area contributed by atoms with E-state index in [2.05, 4.69) is 22.1 Å². The number of rotatable bonds is 3. The molecule has 21 heavy (non-hydrogen) atoms. The second-order valence-electron chi connectivity index (χ2n) is 5.26. The fourth-order valence-corrected chi connectivity index (χ4v) is 3.07. The number of aryl methyl sites for hydroxylation is 1. The number of piperazine rings is 1. The van der Waals surface area contributed by atoms with Crippen LogP contribution in [0.4, 0.5) is 4.79 Å². The zero-order chi connectivity index (χ0) is 15.6. The summed E-state index contributed by atoms with van der Waals surface area (Å²) in [5, 5.41) is 12.4. The van der Waals surface area contributed by atoms with Crippen molar-refractivity contribution in [2.75, 3.05) is 26.7 Å². The van der Waals surface area contributed by atoms with Gasteiger partial charge in [-0.25, -0.2) is 14.6 Å². The summed E-state index contributed by atoms with van der Waals surface area (Å²) in [6, 6.07) is 0.213. The summed E-state index contributed by atoms with van der Waals surface area (Å²) in [5.74, 6) is -0.976. The zero-order valence-electron chi connectivity index (χ0n) is 12.4. The van der Waals surface area contributed by atoms with Crippen LogP contribution in [0.2, 0.25) is 0 Å². The first-order valence-corrected chi connectivity index (χ1v) is 7.62. The van der Waals surface area contributed by atoms with E-state index in [-0.39, 0.29) is 17.5 Å². The maximum atomic E-state index is 12.1. The number of thiazole rings is 1. The lowest BCUT2D eigenvalue weighted by atomic mass is 10.2. The number of carbonyl (C=O) groups is 2. The Kier molecular flexibility index (Phi) is 4.79. The summed E-state index contributed by atoms with van der Waals surface area (Å²) in [4.78, 5) is 31.5. The van der Waals surface area contributed by atoms with Crippen LogP contribution in [0, 0.1) is 6.92 Å². The van der Waals surface area contributed by atoms with E-state index in [1.165, 1.54) is 0 Å². The van der Waals surface area contributed by atoms with Gasteiger partial charge in [-0.2, -0.15) is 0 Å². The Morgan fingerprint density at radius 2 is 2.19 bits per heavy atom. The lowest BCUT2D eigenvalue weighted by molar-refractivity contribution is 0.0701. The number of amides is 2. The van der Waals surface area contributed by atoms with Crippen molar-refractivity contribution in [2.24, 2.45) is 0 Å². The third-order valence-electron chi connectivity index (χ3n) is 3.67. The van der Waals surface area contributed by atoms with E-state index in [0.29, 0.717) is 29.8 Å². The molecule has 8 heteroatoms. The van der Waals surface area contributed by atoms with E-state index in [9.17, 15) is 9.59 Å². The SMILES string of the molecule is Cc1nc(CNC(=O)N2CCN(C)C(C)C2)sc1C(=O)O. The molecule has 0 bridgehead atoms. The van der Waals surface area contributed by atoms with E-state index in [1.807, 2.05) is 7.05 Å². The van der Waals surface area contributed by atoms with Gasteiger partial charge in [0.05, 0.1) is 12.2 Å². The number of carbonyl (C=O) groups excluding carboxylic acids is 1. The van der Waals surface area contributed by atoms with Crippen molar-refractivity contribution in [3.63, 3.8) is 0 Å². The lowest BCUT2D eigenvalue weighted by Gasteiger charge is -2.37. The van der Waals surface area contributed by atoms with Gasteiger partial charge in [-0.15, -0.1) is 11.3 Å². The number of carboxylic acid groups (broad SMARTS) is 1. The summed E-state index contributed by atoms with van der Waals surface area (Å²) in [7, 11) is 2.05. The van der Waals surface area contributed by atoms with E-state index >= 15 is 0 Å². The van der Waals surface area contributed by atoms with Crippen LogP contribution in [0.15, 0.2) is 0 Å². The zero-order valence-corrected chi connectivity index (χ0v) is 13.2. The van der Waals surface area contributed by atoms with Gasteiger partial charge in [0.1, 0.15) is 9.88 Å². The number of urea groups is 1. The largest absolute Gasteiger partial charge is 0.477 e. The molecule has 1 aliphatic rings. The summed E-state index contributed by atoms with van der Waals surface area (Å²) < 4.78 is 0. The van der Waals surface area contributed by atoms with Gasteiger partial charge < -0.3 is 20.2 Å². The minimum atomic E-state index is -0.976. The van der Waals surface area contributed by atoms with E-state index in [1.54, 1.807) is 11.8 Å². The van der Waals surface area contributed by atoms with Crippen molar-refractivity contribution in [3.8, 4) is 0 Å². The molecule has 1 aliphatic heterocycles. The predicted molar refractivity (Wildman–Crippen MR) is 79.7 cm³/mol. The number of hydrogen-bond acceptors (Lipinski definition) is 5. The molecule has 0 radical (unpaired) electrons. The van der Waals surface area contributed by atoms with E-state index < -0.39 is 5.97 Å². The first kappa shape index (κ1) is 15.7. The van der Waals surface area contributed by atoms with Crippen LogP contribution in [0.5, 0.6) is 0 Å². The maximum Gasteiger partial charge on any atom is 0.347 e. The first-order chi connectivity index (χ1) is 9.88. The molecule has 1 aromatic rings. The number of nitrogens with one attached hydrogen (secondary N) is 1. The molecule has 7 nitrogen and oxygen atoms in total. The Morgan fingerprint density at radius 1 is 1.48 bits per heavy atom. The van der Waals surface area contributed by atoms with Gasteiger partial charge in [-0.1, -0.05) is 0 Å². The monoisotopic (exact) mass is 312 g/mol. The Labute approximate surface area is 127 Å². The van der Waals surface area contributed by atoms with Gasteiger partial charge in [-0.3, -0.25) is 0 Å². The molecule has 1 aromatic heterocycles. The molecule has 1 atom stereocenters.